The normalized spacial score (nSPS) is 16.5. The van der Waals surface area contributed by atoms with E-state index in [2.05, 4.69) is 192 Å². The van der Waals surface area contributed by atoms with Crippen LogP contribution in [0.15, 0.2) is 182 Å². The summed E-state index contributed by atoms with van der Waals surface area (Å²) >= 11 is 0. The van der Waals surface area contributed by atoms with Crippen molar-refractivity contribution in [1.82, 2.24) is 0 Å². The predicted octanol–water partition coefficient (Wildman–Crippen LogP) is 14.0. The quantitative estimate of drug-likeness (QED) is 0.163. The average molecular weight is 669 g/mol. The second kappa shape index (κ2) is 12.9. The molecule has 2 unspecified atom stereocenters. The van der Waals surface area contributed by atoms with Crippen LogP contribution in [0.2, 0.25) is 0 Å². The van der Waals surface area contributed by atoms with Crippen LogP contribution in [0.4, 0.5) is 28.4 Å². The molecule has 0 N–H and O–H groups in total. The molecular formula is C50H40N2. The van der Waals surface area contributed by atoms with Gasteiger partial charge in [0.25, 0.3) is 0 Å². The Labute approximate surface area is 306 Å². The van der Waals surface area contributed by atoms with Crippen LogP contribution < -0.4 is 9.80 Å². The van der Waals surface area contributed by atoms with Crippen LogP contribution in [0.5, 0.6) is 0 Å². The number of nitrogens with zero attached hydrogens (tertiary/aromatic N) is 2. The highest BCUT2D eigenvalue weighted by atomic mass is 15.2. The highest BCUT2D eigenvalue weighted by molar-refractivity contribution is 6.21. The molecule has 0 amide bonds. The summed E-state index contributed by atoms with van der Waals surface area (Å²) in [7, 11) is 0. The molecule has 1 aliphatic carbocycles. The van der Waals surface area contributed by atoms with Crippen LogP contribution in [-0.4, -0.2) is 6.04 Å². The zero-order chi connectivity index (χ0) is 34.4. The van der Waals surface area contributed by atoms with E-state index in [9.17, 15) is 0 Å². The molecule has 250 valence electrons. The second-order valence-electron chi connectivity index (χ2n) is 14.3. The van der Waals surface area contributed by atoms with E-state index < -0.39 is 0 Å². The van der Waals surface area contributed by atoms with Gasteiger partial charge in [0, 0.05) is 40.4 Å². The van der Waals surface area contributed by atoms with Gasteiger partial charge in [-0.1, -0.05) is 140 Å². The average Bonchev–Trinajstić information content (AvgIpc) is 3.56. The second-order valence-corrected chi connectivity index (χ2v) is 14.3. The Bertz CT molecular complexity index is 2460. The van der Waals surface area contributed by atoms with Gasteiger partial charge in [-0.05, 0) is 117 Å². The summed E-state index contributed by atoms with van der Waals surface area (Å²) in [5, 5.41) is 5.09. The molecule has 1 saturated carbocycles. The SMILES string of the molecule is c1ccc(-c2c3ccccc3c(-c3ccc(N(c4ccccc4)c4ccc(N5c6ccccc6C6CCCCC65)cc4)cc3)c3ccccc23)cc1. The molecule has 1 fully saturated rings. The summed E-state index contributed by atoms with van der Waals surface area (Å²) in [6.07, 6.45) is 5.18. The summed E-state index contributed by atoms with van der Waals surface area (Å²) in [6, 6.07) is 67.4. The molecule has 1 heterocycles. The molecule has 0 saturated heterocycles. The molecule has 0 radical (unpaired) electrons. The number of rotatable bonds is 6. The lowest BCUT2D eigenvalue weighted by atomic mass is 9.82. The van der Waals surface area contributed by atoms with Gasteiger partial charge in [-0.3, -0.25) is 0 Å². The highest BCUT2D eigenvalue weighted by Crippen LogP contribution is 2.51. The summed E-state index contributed by atoms with van der Waals surface area (Å²) < 4.78 is 0. The third-order valence-corrected chi connectivity index (χ3v) is 11.5. The first-order valence-corrected chi connectivity index (χ1v) is 18.8. The molecule has 0 aromatic heterocycles. The van der Waals surface area contributed by atoms with Crippen LogP contribution >= 0.6 is 0 Å². The van der Waals surface area contributed by atoms with Gasteiger partial charge >= 0.3 is 0 Å². The van der Waals surface area contributed by atoms with E-state index in [0.29, 0.717) is 12.0 Å². The van der Waals surface area contributed by atoms with Gasteiger partial charge in [0.05, 0.1) is 0 Å². The number of hydrogen-bond donors (Lipinski definition) is 0. The lowest BCUT2D eigenvalue weighted by molar-refractivity contribution is 0.402. The Kier molecular flexibility index (Phi) is 7.61. The molecule has 52 heavy (non-hydrogen) atoms. The van der Waals surface area contributed by atoms with Gasteiger partial charge in [-0.15, -0.1) is 0 Å². The van der Waals surface area contributed by atoms with Crippen LogP contribution in [0.1, 0.15) is 37.2 Å². The minimum Gasteiger partial charge on any atom is -0.338 e. The van der Waals surface area contributed by atoms with E-state index in [1.54, 1.807) is 0 Å². The molecule has 2 heteroatoms. The molecule has 2 aliphatic rings. The van der Waals surface area contributed by atoms with Crippen LogP contribution in [-0.2, 0) is 0 Å². The summed E-state index contributed by atoms with van der Waals surface area (Å²) in [6.45, 7) is 0. The molecule has 8 aromatic carbocycles. The van der Waals surface area contributed by atoms with E-state index in [-0.39, 0.29) is 0 Å². The zero-order valence-electron chi connectivity index (χ0n) is 29.2. The monoisotopic (exact) mass is 668 g/mol. The standard InChI is InChI=1S/C50H40N2/c1-3-15-35(16-4-1)49-43-21-7-9-23-45(43)50(46-24-10-8-22-44(46)49)36-27-29-38(30-28-36)51(37-17-5-2-6-18-37)39-31-33-40(34-32-39)52-47-25-13-11-19-41(47)42-20-12-14-26-48(42)52/h1-11,13,15-19,21-25,27-34,42,48H,12,14,20,26H2. The maximum absolute atomic E-state index is 2.63. The minimum atomic E-state index is 0.545. The maximum Gasteiger partial charge on any atom is 0.0463 e. The van der Waals surface area contributed by atoms with Crippen molar-refractivity contribution < 1.29 is 0 Å². The van der Waals surface area contributed by atoms with Crippen molar-refractivity contribution in [3.05, 3.63) is 188 Å². The third-order valence-electron chi connectivity index (χ3n) is 11.5. The molecule has 0 spiro atoms. The number of benzene rings is 8. The first-order chi connectivity index (χ1) is 25.8. The Hall–Kier alpha value is -6.12. The Balaban J connectivity index is 1.06. The Morgan fingerprint density at radius 1 is 0.404 bits per heavy atom. The zero-order valence-corrected chi connectivity index (χ0v) is 29.2. The maximum atomic E-state index is 2.63. The summed E-state index contributed by atoms with van der Waals surface area (Å²) in [5.41, 5.74) is 12.7. The Morgan fingerprint density at radius 2 is 0.865 bits per heavy atom. The number of anilines is 5. The fourth-order valence-electron chi connectivity index (χ4n) is 9.23. The van der Waals surface area contributed by atoms with Crippen molar-refractivity contribution in [2.45, 2.75) is 37.6 Å². The minimum absolute atomic E-state index is 0.545. The van der Waals surface area contributed by atoms with Gasteiger partial charge in [-0.2, -0.15) is 0 Å². The van der Waals surface area contributed by atoms with Crippen LogP contribution in [0.3, 0.4) is 0 Å². The van der Waals surface area contributed by atoms with E-state index >= 15 is 0 Å². The summed E-state index contributed by atoms with van der Waals surface area (Å²) in [4.78, 5) is 5.01. The molecular weight excluding hydrogens is 629 g/mol. The van der Waals surface area contributed by atoms with Gasteiger partial charge in [0.1, 0.15) is 0 Å². The predicted molar refractivity (Wildman–Crippen MR) is 221 cm³/mol. The van der Waals surface area contributed by atoms with Gasteiger partial charge in [0.15, 0.2) is 0 Å². The lowest BCUT2D eigenvalue weighted by Gasteiger charge is -2.34. The Morgan fingerprint density at radius 3 is 1.48 bits per heavy atom. The number of hydrogen-bond acceptors (Lipinski definition) is 2. The molecule has 0 bridgehead atoms. The third kappa shape index (κ3) is 5.09. The molecule has 2 nitrogen and oxygen atoms in total. The topological polar surface area (TPSA) is 6.48 Å². The molecule has 8 aromatic rings. The molecule has 2 atom stereocenters. The highest BCUT2D eigenvalue weighted by Gasteiger charge is 2.40. The van der Waals surface area contributed by atoms with Gasteiger partial charge < -0.3 is 9.80 Å². The van der Waals surface area contributed by atoms with Crippen molar-refractivity contribution in [3.8, 4) is 22.3 Å². The fourth-order valence-corrected chi connectivity index (χ4v) is 9.23. The number of fused-ring (bicyclic) bond motifs is 5. The van der Waals surface area contributed by atoms with E-state index in [1.807, 2.05) is 0 Å². The van der Waals surface area contributed by atoms with Crippen molar-refractivity contribution >= 4 is 50.0 Å². The van der Waals surface area contributed by atoms with E-state index in [0.717, 1.165) is 17.1 Å². The largest absolute Gasteiger partial charge is 0.338 e. The van der Waals surface area contributed by atoms with Crippen molar-refractivity contribution in [1.29, 1.82) is 0 Å². The van der Waals surface area contributed by atoms with Crippen molar-refractivity contribution in [2.75, 3.05) is 9.80 Å². The van der Waals surface area contributed by atoms with Crippen molar-refractivity contribution in [2.24, 2.45) is 0 Å². The summed E-state index contributed by atoms with van der Waals surface area (Å²) in [5.74, 6) is 0.632. The molecule has 1 aliphatic heterocycles. The van der Waals surface area contributed by atoms with Crippen molar-refractivity contribution in [3.63, 3.8) is 0 Å². The van der Waals surface area contributed by atoms with Gasteiger partial charge in [0.2, 0.25) is 0 Å². The first kappa shape index (κ1) is 30.7. The number of para-hydroxylation sites is 2. The van der Waals surface area contributed by atoms with Crippen LogP contribution in [0, 0.1) is 0 Å². The lowest BCUT2D eigenvalue weighted by Crippen LogP contribution is -2.32. The fraction of sp³-hybridized carbons (Fsp3) is 0.120. The van der Waals surface area contributed by atoms with E-state index in [4.69, 9.17) is 0 Å². The van der Waals surface area contributed by atoms with E-state index in [1.165, 1.54) is 86.4 Å². The van der Waals surface area contributed by atoms with Gasteiger partial charge in [-0.25, -0.2) is 0 Å². The molecule has 10 rings (SSSR count). The smallest absolute Gasteiger partial charge is 0.0463 e. The first-order valence-electron chi connectivity index (χ1n) is 18.8. The van der Waals surface area contributed by atoms with Crippen LogP contribution in [0.25, 0.3) is 43.8 Å².